The molecule has 0 aliphatic heterocycles. The number of aromatic carboxylic acids is 1. The molecule has 0 saturated heterocycles. The third-order valence-electron chi connectivity index (χ3n) is 1.28. The fraction of sp³-hybridized carbons (Fsp3) is 0.222. The summed E-state index contributed by atoms with van der Waals surface area (Å²) >= 11 is 5.21. The van der Waals surface area contributed by atoms with Crippen molar-refractivity contribution in [2.45, 2.75) is 6.42 Å². The Kier molecular flexibility index (Phi) is 3.87. The van der Waals surface area contributed by atoms with Crippen LogP contribution in [-0.2, 0) is 0 Å². The van der Waals surface area contributed by atoms with Crippen molar-refractivity contribution >= 4 is 29.9 Å². The van der Waals surface area contributed by atoms with Gasteiger partial charge in [-0.1, -0.05) is 11.8 Å². The minimum absolute atomic E-state index is 0.329. The molecule has 0 radical (unpaired) electrons. The number of carboxylic acid groups (broad SMARTS) is 1. The summed E-state index contributed by atoms with van der Waals surface area (Å²) in [5.74, 6) is 5.59. The average molecular weight is 212 g/mol. The van der Waals surface area contributed by atoms with Crippen molar-refractivity contribution in [3.8, 4) is 11.8 Å². The Morgan fingerprint density at radius 3 is 3.00 bits per heavy atom. The molecule has 4 heteroatoms. The number of carboxylic acids is 1. The van der Waals surface area contributed by atoms with E-state index >= 15 is 0 Å². The van der Waals surface area contributed by atoms with Crippen LogP contribution in [-0.4, -0.2) is 16.8 Å². The third-order valence-corrected chi connectivity index (χ3v) is 2.42. The van der Waals surface area contributed by atoms with Gasteiger partial charge in [0.15, 0.2) is 0 Å². The van der Waals surface area contributed by atoms with Crippen LogP contribution in [0.25, 0.3) is 0 Å². The lowest BCUT2D eigenvalue weighted by Gasteiger charge is -1.80. The molecule has 0 aliphatic rings. The van der Waals surface area contributed by atoms with Crippen molar-refractivity contribution in [3.63, 3.8) is 0 Å². The molecule has 2 nitrogen and oxygen atoms in total. The maximum Gasteiger partial charge on any atom is 0.345 e. The van der Waals surface area contributed by atoms with E-state index in [0.717, 1.165) is 17.7 Å². The van der Waals surface area contributed by atoms with Gasteiger partial charge in [0.05, 0.1) is 0 Å². The van der Waals surface area contributed by atoms with Crippen LogP contribution in [0.15, 0.2) is 11.4 Å². The zero-order valence-corrected chi connectivity index (χ0v) is 8.49. The Labute approximate surface area is 86.0 Å². The Morgan fingerprint density at radius 2 is 2.46 bits per heavy atom. The molecule has 0 aromatic carbocycles. The fourth-order valence-electron chi connectivity index (χ4n) is 0.734. The van der Waals surface area contributed by atoms with Crippen LogP contribution in [0.5, 0.6) is 0 Å². The summed E-state index contributed by atoms with van der Waals surface area (Å²) in [6, 6.07) is 1.58. The number of hydrogen-bond acceptors (Lipinski definition) is 3. The van der Waals surface area contributed by atoms with Crippen molar-refractivity contribution in [1.29, 1.82) is 0 Å². The van der Waals surface area contributed by atoms with Gasteiger partial charge in [-0.15, -0.1) is 11.3 Å². The Bertz CT molecular complexity index is 357. The number of thiophene rings is 1. The van der Waals surface area contributed by atoms with Crippen molar-refractivity contribution < 1.29 is 9.90 Å². The van der Waals surface area contributed by atoms with Gasteiger partial charge in [0, 0.05) is 23.1 Å². The highest BCUT2D eigenvalue weighted by Crippen LogP contribution is 2.13. The summed E-state index contributed by atoms with van der Waals surface area (Å²) in [6.07, 6.45) is 0.724. The smallest absolute Gasteiger partial charge is 0.345 e. The van der Waals surface area contributed by atoms with Crippen molar-refractivity contribution in [2.75, 3.05) is 5.75 Å². The first-order valence-corrected chi connectivity index (χ1v) is 5.17. The van der Waals surface area contributed by atoms with Crippen LogP contribution >= 0.6 is 24.0 Å². The van der Waals surface area contributed by atoms with Gasteiger partial charge in [-0.25, -0.2) is 4.79 Å². The number of hydrogen-bond donors (Lipinski definition) is 2. The van der Waals surface area contributed by atoms with Crippen LogP contribution in [0.2, 0.25) is 0 Å². The second-order valence-corrected chi connectivity index (χ2v) is 3.64. The lowest BCUT2D eigenvalue weighted by molar-refractivity contribution is 0.0702. The van der Waals surface area contributed by atoms with Gasteiger partial charge >= 0.3 is 5.97 Å². The third kappa shape index (κ3) is 3.13. The molecule has 0 unspecified atom stereocenters. The minimum atomic E-state index is -0.896. The molecule has 0 spiro atoms. The summed E-state index contributed by atoms with van der Waals surface area (Å²) in [7, 11) is 0. The van der Waals surface area contributed by atoms with Crippen molar-refractivity contribution in [1.82, 2.24) is 0 Å². The molecule has 0 aliphatic carbocycles. The summed E-state index contributed by atoms with van der Waals surface area (Å²) in [5, 5.41) is 10.4. The Morgan fingerprint density at radius 1 is 1.69 bits per heavy atom. The highest BCUT2D eigenvalue weighted by Gasteiger charge is 2.04. The van der Waals surface area contributed by atoms with E-state index < -0.39 is 5.97 Å². The number of rotatable bonds is 2. The van der Waals surface area contributed by atoms with E-state index in [1.807, 2.05) is 0 Å². The molecular weight excluding hydrogens is 204 g/mol. The van der Waals surface area contributed by atoms with Gasteiger partial charge in [-0.3, -0.25) is 0 Å². The zero-order chi connectivity index (χ0) is 9.68. The van der Waals surface area contributed by atoms with Gasteiger partial charge in [0.25, 0.3) is 0 Å². The fourth-order valence-corrected chi connectivity index (χ4v) is 1.52. The molecule has 1 N–H and O–H groups in total. The lowest BCUT2D eigenvalue weighted by atomic mass is 10.3. The van der Waals surface area contributed by atoms with E-state index in [4.69, 9.17) is 5.11 Å². The number of carbonyl (C=O) groups is 1. The highest BCUT2D eigenvalue weighted by atomic mass is 32.1. The second-order valence-electron chi connectivity index (χ2n) is 2.28. The Balaban J connectivity index is 2.71. The molecular formula is C9H8O2S2. The van der Waals surface area contributed by atoms with Crippen LogP contribution < -0.4 is 0 Å². The average Bonchev–Trinajstić information content (AvgIpc) is 2.53. The minimum Gasteiger partial charge on any atom is -0.477 e. The molecule has 1 aromatic rings. The van der Waals surface area contributed by atoms with Crippen LogP contribution in [0.3, 0.4) is 0 Å². The van der Waals surface area contributed by atoms with Crippen molar-refractivity contribution in [3.05, 3.63) is 21.9 Å². The van der Waals surface area contributed by atoms with Gasteiger partial charge in [-0.05, 0) is 6.07 Å². The SMILES string of the molecule is O=C(O)c1cc(C#CCCS)cs1. The van der Waals surface area contributed by atoms with Gasteiger partial charge in [0.2, 0.25) is 0 Å². The maximum atomic E-state index is 10.5. The van der Waals surface area contributed by atoms with E-state index in [-0.39, 0.29) is 0 Å². The topological polar surface area (TPSA) is 37.3 Å². The molecule has 0 saturated carbocycles. The van der Waals surface area contributed by atoms with Gasteiger partial charge in [-0.2, -0.15) is 12.6 Å². The molecule has 1 heterocycles. The molecule has 13 heavy (non-hydrogen) atoms. The first-order valence-electron chi connectivity index (χ1n) is 3.65. The first-order chi connectivity index (χ1) is 6.24. The normalized spacial score (nSPS) is 9.00. The summed E-state index contributed by atoms with van der Waals surface area (Å²) < 4.78 is 0. The van der Waals surface area contributed by atoms with Crippen LogP contribution in [0, 0.1) is 11.8 Å². The molecule has 0 atom stereocenters. The molecule has 68 valence electrons. The molecule has 0 fully saturated rings. The van der Waals surface area contributed by atoms with E-state index in [0.29, 0.717) is 4.88 Å². The van der Waals surface area contributed by atoms with Crippen LogP contribution in [0.1, 0.15) is 21.7 Å². The molecule has 0 bridgehead atoms. The van der Waals surface area contributed by atoms with Gasteiger partial charge in [0.1, 0.15) is 4.88 Å². The largest absolute Gasteiger partial charge is 0.477 e. The maximum absolute atomic E-state index is 10.5. The molecule has 0 amide bonds. The predicted octanol–water partition coefficient (Wildman–Crippen LogP) is 2.12. The number of thiol groups is 1. The predicted molar refractivity (Wildman–Crippen MR) is 56.6 cm³/mol. The van der Waals surface area contributed by atoms with E-state index in [2.05, 4.69) is 24.5 Å². The van der Waals surface area contributed by atoms with Crippen LogP contribution in [0.4, 0.5) is 0 Å². The lowest BCUT2D eigenvalue weighted by Crippen LogP contribution is -1.89. The van der Waals surface area contributed by atoms with E-state index in [1.54, 1.807) is 11.4 Å². The summed E-state index contributed by atoms with van der Waals surface area (Å²) in [6.45, 7) is 0. The van der Waals surface area contributed by atoms with Crippen molar-refractivity contribution in [2.24, 2.45) is 0 Å². The summed E-state index contributed by atoms with van der Waals surface area (Å²) in [5.41, 5.74) is 0.768. The van der Waals surface area contributed by atoms with E-state index in [9.17, 15) is 4.79 Å². The summed E-state index contributed by atoms with van der Waals surface area (Å²) in [4.78, 5) is 10.8. The van der Waals surface area contributed by atoms with Gasteiger partial charge < -0.3 is 5.11 Å². The Hall–Kier alpha value is -0.920. The molecule has 1 aromatic heterocycles. The zero-order valence-electron chi connectivity index (χ0n) is 6.78. The van der Waals surface area contributed by atoms with E-state index in [1.165, 1.54) is 11.3 Å². The molecule has 1 rings (SSSR count). The second kappa shape index (κ2) is 4.95. The quantitative estimate of drug-likeness (QED) is 0.582. The monoisotopic (exact) mass is 212 g/mol. The first kappa shape index (κ1) is 10.2. The highest BCUT2D eigenvalue weighted by molar-refractivity contribution is 7.80. The standard InChI is InChI=1S/C9H8O2S2/c10-9(11)8-5-7(6-13-8)3-1-2-4-12/h5-6,12H,2,4H2,(H,10,11).